The summed E-state index contributed by atoms with van der Waals surface area (Å²) in [5.74, 6) is -0.504. The summed E-state index contributed by atoms with van der Waals surface area (Å²) in [5, 5.41) is 18.4. The van der Waals surface area contributed by atoms with Crippen LogP contribution in [-0.2, 0) is 17.6 Å². The molecule has 1 heterocycles. The number of aromatic nitrogens is 1. The van der Waals surface area contributed by atoms with Crippen molar-refractivity contribution >= 4 is 5.97 Å². The van der Waals surface area contributed by atoms with E-state index in [-0.39, 0.29) is 17.9 Å². The van der Waals surface area contributed by atoms with Crippen molar-refractivity contribution in [2.75, 3.05) is 6.61 Å². The maximum atomic E-state index is 11.8. The lowest BCUT2D eigenvalue weighted by Crippen LogP contribution is -2.13. The van der Waals surface area contributed by atoms with Gasteiger partial charge in [-0.25, -0.2) is 4.79 Å². The summed E-state index contributed by atoms with van der Waals surface area (Å²) in [6.07, 6.45) is 1.83. The third-order valence-electron chi connectivity index (χ3n) is 3.40. The topological polar surface area (TPSA) is 99.6 Å². The number of ether oxygens (including phenoxy) is 1. The number of aliphatic carboxylic acids is 1. The zero-order valence-electron chi connectivity index (χ0n) is 12.8. The summed E-state index contributed by atoms with van der Waals surface area (Å²) in [7, 11) is 0. The van der Waals surface area contributed by atoms with Gasteiger partial charge in [-0.05, 0) is 49.9 Å². The van der Waals surface area contributed by atoms with Gasteiger partial charge in [0.05, 0.1) is 5.56 Å². The SMILES string of the molecule is Cc1cc(O)c(CCCc2cccc(OCC(=O)O)c2)c(=O)[nH]1. The molecule has 0 spiro atoms. The number of hydrogen-bond donors (Lipinski definition) is 3. The van der Waals surface area contributed by atoms with E-state index in [2.05, 4.69) is 4.98 Å². The molecule has 0 aliphatic rings. The van der Waals surface area contributed by atoms with E-state index in [1.165, 1.54) is 6.07 Å². The molecule has 0 aliphatic carbocycles. The van der Waals surface area contributed by atoms with Crippen LogP contribution >= 0.6 is 0 Å². The smallest absolute Gasteiger partial charge is 0.341 e. The van der Waals surface area contributed by atoms with Crippen molar-refractivity contribution < 1.29 is 19.7 Å². The van der Waals surface area contributed by atoms with Crippen LogP contribution < -0.4 is 10.3 Å². The van der Waals surface area contributed by atoms with Crippen LogP contribution in [0.15, 0.2) is 35.1 Å². The molecule has 2 aromatic rings. The van der Waals surface area contributed by atoms with Crippen LogP contribution in [-0.4, -0.2) is 27.8 Å². The van der Waals surface area contributed by atoms with Gasteiger partial charge in [0.15, 0.2) is 6.61 Å². The Morgan fingerprint density at radius 2 is 2.04 bits per heavy atom. The highest BCUT2D eigenvalue weighted by Crippen LogP contribution is 2.18. The minimum atomic E-state index is -1.02. The minimum absolute atomic E-state index is 0.0183. The molecule has 0 unspecified atom stereocenters. The second-order valence-electron chi connectivity index (χ2n) is 5.33. The van der Waals surface area contributed by atoms with Crippen LogP contribution in [0.25, 0.3) is 0 Å². The van der Waals surface area contributed by atoms with Crippen LogP contribution in [0.5, 0.6) is 11.5 Å². The highest BCUT2D eigenvalue weighted by Gasteiger charge is 2.08. The fourth-order valence-corrected chi connectivity index (χ4v) is 2.35. The van der Waals surface area contributed by atoms with Crippen molar-refractivity contribution in [1.82, 2.24) is 4.98 Å². The molecule has 1 aromatic carbocycles. The number of benzene rings is 1. The van der Waals surface area contributed by atoms with Gasteiger partial charge in [0.1, 0.15) is 11.5 Å². The van der Waals surface area contributed by atoms with E-state index in [1.54, 1.807) is 25.1 Å². The van der Waals surface area contributed by atoms with E-state index in [0.717, 1.165) is 5.56 Å². The number of carboxylic acid groups (broad SMARTS) is 1. The number of carbonyl (C=O) groups is 1. The molecule has 0 fully saturated rings. The Morgan fingerprint density at radius 3 is 2.74 bits per heavy atom. The molecule has 23 heavy (non-hydrogen) atoms. The average molecular weight is 317 g/mol. The fraction of sp³-hybridized carbons (Fsp3) is 0.294. The van der Waals surface area contributed by atoms with E-state index >= 15 is 0 Å². The first-order valence-electron chi connectivity index (χ1n) is 7.31. The number of aromatic hydroxyl groups is 1. The van der Waals surface area contributed by atoms with Crippen LogP contribution in [0.1, 0.15) is 23.2 Å². The summed E-state index contributed by atoms with van der Waals surface area (Å²) in [6, 6.07) is 8.72. The molecular formula is C17H19NO5. The van der Waals surface area contributed by atoms with E-state index in [0.29, 0.717) is 36.3 Å². The van der Waals surface area contributed by atoms with E-state index < -0.39 is 5.97 Å². The van der Waals surface area contributed by atoms with Crippen LogP contribution in [0.4, 0.5) is 0 Å². The van der Waals surface area contributed by atoms with Gasteiger partial charge in [0, 0.05) is 5.69 Å². The largest absolute Gasteiger partial charge is 0.507 e. The Hall–Kier alpha value is -2.76. The molecule has 6 heteroatoms. The second-order valence-corrected chi connectivity index (χ2v) is 5.33. The molecule has 0 amide bonds. The monoisotopic (exact) mass is 317 g/mol. The van der Waals surface area contributed by atoms with Gasteiger partial charge >= 0.3 is 5.97 Å². The molecule has 0 atom stereocenters. The number of H-pyrrole nitrogens is 1. The molecule has 3 N–H and O–H groups in total. The first-order valence-corrected chi connectivity index (χ1v) is 7.31. The number of hydrogen-bond acceptors (Lipinski definition) is 4. The van der Waals surface area contributed by atoms with Crippen LogP contribution in [0.2, 0.25) is 0 Å². The fourth-order valence-electron chi connectivity index (χ4n) is 2.35. The summed E-state index contributed by atoms with van der Waals surface area (Å²) >= 11 is 0. The van der Waals surface area contributed by atoms with Gasteiger partial charge in [-0.1, -0.05) is 12.1 Å². The summed E-state index contributed by atoms with van der Waals surface area (Å²) in [4.78, 5) is 25.0. The molecule has 2 rings (SSSR count). The van der Waals surface area contributed by atoms with Crippen LogP contribution in [0.3, 0.4) is 0 Å². The van der Waals surface area contributed by atoms with Crippen molar-refractivity contribution in [1.29, 1.82) is 0 Å². The van der Waals surface area contributed by atoms with Crippen molar-refractivity contribution in [2.24, 2.45) is 0 Å². The third-order valence-corrected chi connectivity index (χ3v) is 3.40. The summed E-state index contributed by atoms with van der Waals surface area (Å²) in [5.41, 5.74) is 1.73. The Morgan fingerprint density at radius 1 is 1.26 bits per heavy atom. The van der Waals surface area contributed by atoms with Gasteiger partial charge in [0.2, 0.25) is 0 Å². The van der Waals surface area contributed by atoms with Crippen molar-refractivity contribution in [3.63, 3.8) is 0 Å². The Bertz CT molecular complexity index is 751. The molecule has 0 bridgehead atoms. The zero-order chi connectivity index (χ0) is 16.8. The lowest BCUT2D eigenvalue weighted by atomic mass is 10.0. The molecule has 122 valence electrons. The predicted octanol–water partition coefficient (Wildman–Crippen LogP) is 2.03. The van der Waals surface area contributed by atoms with Gasteiger partial charge in [-0.3, -0.25) is 4.79 Å². The summed E-state index contributed by atoms with van der Waals surface area (Å²) < 4.78 is 5.13. The van der Waals surface area contributed by atoms with Crippen LogP contribution in [0, 0.1) is 6.92 Å². The van der Waals surface area contributed by atoms with Crippen molar-refractivity contribution in [3.8, 4) is 11.5 Å². The number of carboxylic acids is 1. The highest BCUT2D eigenvalue weighted by atomic mass is 16.5. The van der Waals surface area contributed by atoms with E-state index in [9.17, 15) is 14.7 Å². The second kappa shape index (κ2) is 7.49. The third kappa shape index (κ3) is 4.88. The van der Waals surface area contributed by atoms with E-state index in [4.69, 9.17) is 9.84 Å². The van der Waals surface area contributed by atoms with Crippen molar-refractivity contribution in [3.05, 3.63) is 57.5 Å². The summed E-state index contributed by atoms with van der Waals surface area (Å²) in [6.45, 7) is 1.34. The predicted molar refractivity (Wildman–Crippen MR) is 85.1 cm³/mol. The normalized spacial score (nSPS) is 10.5. The minimum Gasteiger partial charge on any atom is -0.507 e. The Labute approximate surface area is 133 Å². The number of nitrogens with one attached hydrogen (secondary N) is 1. The lowest BCUT2D eigenvalue weighted by molar-refractivity contribution is -0.139. The number of aromatic amines is 1. The quantitative estimate of drug-likeness (QED) is 0.725. The number of pyridine rings is 1. The molecule has 0 radical (unpaired) electrons. The molecule has 1 aromatic heterocycles. The highest BCUT2D eigenvalue weighted by molar-refractivity contribution is 5.68. The maximum absolute atomic E-state index is 11.8. The van der Waals surface area contributed by atoms with E-state index in [1.807, 2.05) is 6.07 Å². The van der Waals surface area contributed by atoms with Crippen molar-refractivity contribution in [2.45, 2.75) is 26.2 Å². The first-order chi connectivity index (χ1) is 11.0. The molecule has 6 nitrogen and oxygen atoms in total. The standard InChI is InChI=1S/C17H19NO5/c1-11-8-15(19)14(17(22)18-11)7-3-5-12-4-2-6-13(9-12)23-10-16(20)21/h2,4,6,8-9H,3,5,7,10H2,1H3,(H,20,21)(H2,18,19,22). The average Bonchev–Trinajstić information content (AvgIpc) is 2.48. The van der Waals surface area contributed by atoms with Gasteiger partial charge in [0.25, 0.3) is 5.56 Å². The molecule has 0 aliphatic heterocycles. The molecule has 0 saturated carbocycles. The van der Waals surface area contributed by atoms with Gasteiger partial charge in [-0.2, -0.15) is 0 Å². The molecule has 0 saturated heterocycles. The van der Waals surface area contributed by atoms with Gasteiger partial charge in [-0.15, -0.1) is 0 Å². The number of rotatable bonds is 7. The number of aryl methyl sites for hydroxylation is 2. The lowest BCUT2D eigenvalue weighted by Gasteiger charge is -2.07. The Kier molecular flexibility index (Phi) is 5.41. The zero-order valence-corrected chi connectivity index (χ0v) is 12.8. The molecular weight excluding hydrogens is 298 g/mol. The maximum Gasteiger partial charge on any atom is 0.341 e. The van der Waals surface area contributed by atoms with Gasteiger partial charge < -0.3 is 19.9 Å². The Balaban J connectivity index is 1.95. The first kappa shape index (κ1) is 16.6.